The molecule has 0 aliphatic carbocycles. The van der Waals surface area contributed by atoms with E-state index in [0.29, 0.717) is 23.9 Å². The molecule has 0 fully saturated rings. The van der Waals surface area contributed by atoms with E-state index in [2.05, 4.69) is 0 Å². The molecule has 0 radical (unpaired) electrons. The van der Waals surface area contributed by atoms with E-state index in [4.69, 9.17) is 5.73 Å². The van der Waals surface area contributed by atoms with E-state index < -0.39 is 11.6 Å². The monoisotopic (exact) mass is 210 g/mol. The van der Waals surface area contributed by atoms with Crippen LogP contribution < -0.4 is 5.73 Å². The Morgan fingerprint density at radius 1 is 1.33 bits per heavy atom. The highest BCUT2D eigenvalue weighted by molar-refractivity contribution is 5.84. The zero-order chi connectivity index (χ0) is 11.0. The van der Waals surface area contributed by atoms with Crippen molar-refractivity contribution in [1.29, 1.82) is 0 Å². The Morgan fingerprint density at radius 2 is 2.07 bits per heavy atom. The van der Waals surface area contributed by atoms with Crippen molar-refractivity contribution in [2.45, 2.75) is 6.42 Å². The molecule has 1 heterocycles. The summed E-state index contributed by atoms with van der Waals surface area (Å²) in [5.41, 5.74) is 6.75. The lowest BCUT2D eigenvalue weighted by atomic mass is 10.1. The number of hydrogen-bond donors (Lipinski definition) is 1. The van der Waals surface area contributed by atoms with Gasteiger partial charge in [-0.3, -0.25) is 0 Å². The first-order valence-electron chi connectivity index (χ1n) is 4.76. The van der Waals surface area contributed by atoms with Crippen LogP contribution in [0.4, 0.5) is 8.78 Å². The molecule has 0 atom stereocenters. The van der Waals surface area contributed by atoms with Crippen LogP contribution in [0.15, 0.2) is 18.3 Å². The maximum absolute atomic E-state index is 13.5. The minimum Gasteiger partial charge on any atom is -0.348 e. The molecule has 1 aromatic heterocycles. The highest BCUT2D eigenvalue weighted by atomic mass is 19.1. The van der Waals surface area contributed by atoms with E-state index in [0.717, 1.165) is 11.6 Å². The van der Waals surface area contributed by atoms with Crippen molar-refractivity contribution in [2.24, 2.45) is 12.8 Å². The number of nitrogens with zero attached hydrogens (tertiary/aromatic N) is 1. The Kier molecular flexibility index (Phi) is 2.44. The maximum Gasteiger partial charge on any atom is 0.150 e. The van der Waals surface area contributed by atoms with Crippen molar-refractivity contribution in [3.8, 4) is 0 Å². The van der Waals surface area contributed by atoms with Crippen molar-refractivity contribution < 1.29 is 8.78 Å². The molecule has 0 unspecified atom stereocenters. The van der Waals surface area contributed by atoms with E-state index in [1.807, 2.05) is 0 Å². The summed E-state index contributed by atoms with van der Waals surface area (Å²) in [6, 6.07) is 2.25. The second-order valence-electron chi connectivity index (χ2n) is 3.59. The summed E-state index contributed by atoms with van der Waals surface area (Å²) in [4.78, 5) is 0. The lowest BCUT2D eigenvalue weighted by Crippen LogP contribution is -2.02. The van der Waals surface area contributed by atoms with Gasteiger partial charge in [-0.2, -0.15) is 0 Å². The summed E-state index contributed by atoms with van der Waals surface area (Å²) in [7, 11) is 1.74. The topological polar surface area (TPSA) is 30.9 Å². The molecule has 0 saturated carbocycles. The largest absolute Gasteiger partial charge is 0.348 e. The smallest absolute Gasteiger partial charge is 0.150 e. The first-order chi connectivity index (χ1) is 7.13. The third kappa shape index (κ3) is 1.61. The highest BCUT2D eigenvalue weighted by Crippen LogP contribution is 2.24. The maximum atomic E-state index is 13.5. The van der Waals surface area contributed by atoms with Gasteiger partial charge in [-0.15, -0.1) is 0 Å². The normalized spacial score (nSPS) is 11.2. The van der Waals surface area contributed by atoms with Crippen LogP contribution in [0.2, 0.25) is 0 Å². The van der Waals surface area contributed by atoms with Crippen molar-refractivity contribution in [2.75, 3.05) is 6.54 Å². The fourth-order valence-corrected chi connectivity index (χ4v) is 1.89. The average molecular weight is 210 g/mol. The predicted octanol–water partition coefficient (Wildman–Crippen LogP) is 1.96. The highest BCUT2D eigenvalue weighted by Gasteiger charge is 2.11. The van der Waals surface area contributed by atoms with Crippen molar-refractivity contribution in [1.82, 2.24) is 4.57 Å². The molecule has 2 aromatic rings. The number of nitrogens with two attached hydrogens (primary N) is 1. The van der Waals surface area contributed by atoms with Crippen LogP contribution in [0.3, 0.4) is 0 Å². The van der Waals surface area contributed by atoms with Crippen LogP contribution in [0, 0.1) is 11.6 Å². The van der Waals surface area contributed by atoms with Crippen molar-refractivity contribution >= 4 is 10.9 Å². The molecule has 0 saturated heterocycles. The van der Waals surface area contributed by atoms with Gasteiger partial charge in [0.25, 0.3) is 0 Å². The molecular formula is C11H12F2N2. The van der Waals surface area contributed by atoms with Crippen LogP contribution in [0.5, 0.6) is 0 Å². The van der Waals surface area contributed by atoms with Crippen LogP contribution in [0.25, 0.3) is 10.9 Å². The fraction of sp³-hybridized carbons (Fsp3) is 0.273. The molecular weight excluding hydrogens is 198 g/mol. The SMILES string of the molecule is Cn1cc(CCN)c2cc(F)cc(F)c21. The van der Waals surface area contributed by atoms with Gasteiger partial charge in [0.15, 0.2) is 0 Å². The number of fused-ring (bicyclic) bond motifs is 1. The van der Waals surface area contributed by atoms with Crippen LogP contribution in [-0.4, -0.2) is 11.1 Å². The molecule has 0 bridgehead atoms. The average Bonchev–Trinajstić information content (AvgIpc) is 2.43. The second-order valence-corrected chi connectivity index (χ2v) is 3.59. The molecule has 2 N–H and O–H groups in total. The summed E-state index contributed by atoms with van der Waals surface area (Å²) in [6.07, 6.45) is 2.42. The molecule has 0 amide bonds. The van der Waals surface area contributed by atoms with E-state index in [9.17, 15) is 8.78 Å². The third-order valence-electron chi connectivity index (χ3n) is 2.49. The fourth-order valence-electron chi connectivity index (χ4n) is 1.89. The minimum atomic E-state index is -0.551. The second kappa shape index (κ2) is 3.62. The molecule has 1 aromatic carbocycles. The lowest BCUT2D eigenvalue weighted by Gasteiger charge is -1.98. The standard InChI is InChI=1S/C11H12F2N2/c1-15-6-7(2-3-14)9-4-8(12)5-10(13)11(9)15/h4-6H,2-3,14H2,1H3. The van der Waals surface area contributed by atoms with Crippen LogP contribution >= 0.6 is 0 Å². The lowest BCUT2D eigenvalue weighted by molar-refractivity contribution is 0.588. The zero-order valence-electron chi connectivity index (χ0n) is 8.43. The Labute approximate surface area is 86.3 Å². The number of benzene rings is 1. The van der Waals surface area contributed by atoms with Crippen molar-refractivity contribution in [3.63, 3.8) is 0 Å². The molecule has 0 aliphatic heterocycles. The van der Waals surface area contributed by atoms with Gasteiger partial charge >= 0.3 is 0 Å². The minimum absolute atomic E-state index is 0.430. The number of rotatable bonds is 2. The first-order valence-corrected chi connectivity index (χ1v) is 4.76. The summed E-state index contributed by atoms with van der Waals surface area (Å²) in [5.74, 6) is -1.08. The third-order valence-corrected chi connectivity index (χ3v) is 2.49. The van der Waals surface area contributed by atoms with Gasteiger partial charge < -0.3 is 10.3 Å². The summed E-state index contributed by atoms with van der Waals surface area (Å²) in [5, 5.41) is 0.612. The molecule has 15 heavy (non-hydrogen) atoms. The molecule has 2 rings (SSSR count). The number of halogens is 2. The Bertz CT molecular complexity index is 503. The van der Waals surface area contributed by atoms with E-state index >= 15 is 0 Å². The number of aryl methyl sites for hydroxylation is 1. The van der Waals surface area contributed by atoms with Gasteiger partial charge in [-0.25, -0.2) is 8.78 Å². The first kappa shape index (κ1) is 10.1. The molecule has 0 aliphatic rings. The number of hydrogen-bond acceptors (Lipinski definition) is 1. The van der Waals surface area contributed by atoms with E-state index in [1.54, 1.807) is 17.8 Å². The molecule has 4 heteroatoms. The van der Waals surface area contributed by atoms with Gasteiger partial charge in [0.1, 0.15) is 11.6 Å². The van der Waals surface area contributed by atoms with Gasteiger partial charge in [0.2, 0.25) is 0 Å². The Morgan fingerprint density at radius 3 is 2.73 bits per heavy atom. The predicted molar refractivity (Wildman–Crippen MR) is 55.6 cm³/mol. The molecule has 80 valence electrons. The van der Waals surface area contributed by atoms with E-state index in [1.165, 1.54) is 6.07 Å². The summed E-state index contributed by atoms with van der Waals surface area (Å²) < 4.78 is 28.2. The Hall–Kier alpha value is -1.42. The van der Waals surface area contributed by atoms with Gasteiger partial charge in [0.05, 0.1) is 5.52 Å². The number of aromatic nitrogens is 1. The summed E-state index contributed by atoms with van der Waals surface area (Å²) >= 11 is 0. The van der Waals surface area contributed by atoms with Crippen LogP contribution in [-0.2, 0) is 13.5 Å². The van der Waals surface area contributed by atoms with Crippen LogP contribution in [0.1, 0.15) is 5.56 Å². The Balaban J connectivity index is 2.75. The van der Waals surface area contributed by atoms with Gasteiger partial charge in [-0.1, -0.05) is 0 Å². The molecule has 2 nitrogen and oxygen atoms in total. The summed E-state index contributed by atoms with van der Waals surface area (Å²) in [6.45, 7) is 0.469. The molecule has 0 spiro atoms. The van der Waals surface area contributed by atoms with Gasteiger partial charge in [-0.05, 0) is 24.6 Å². The van der Waals surface area contributed by atoms with Crippen molar-refractivity contribution in [3.05, 3.63) is 35.5 Å². The van der Waals surface area contributed by atoms with E-state index in [-0.39, 0.29) is 0 Å². The van der Waals surface area contributed by atoms with Gasteiger partial charge in [0, 0.05) is 24.7 Å². The zero-order valence-corrected chi connectivity index (χ0v) is 8.43. The quantitative estimate of drug-likeness (QED) is 0.807.